The van der Waals surface area contributed by atoms with Crippen molar-refractivity contribution in [2.75, 3.05) is 21.2 Å². The fourth-order valence-corrected chi connectivity index (χ4v) is 3.09. The monoisotopic (exact) mass is 370 g/mol. The molecule has 0 bridgehead atoms. The molecule has 0 atom stereocenters. The van der Waals surface area contributed by atoms with Crippen LogP contribution in [0.3, 0.4) is 0 Å². The van der Waals surface area contributed by atoms with Crippen molar-refractivity contribution in [2.45, 2.75) is 0 Å². The summed E-state index contributed by atoms with van der Waals surface area (Å²) in [7, 11) is 5.15. The van der Waals surface area contributed by atoms with Crippen molar-refractivity contribution in [1.29, 1.82) is 10.5 Å². The second-order valence-electron chi connectivity index (χ2n) is 6.35. The lowest BCUT2D eigenvalue weighted by Gasteiger charge is -2.10. The average Bonchev–Trinajstić information content (AvgIpc) is 3.04. The van der Waals surface area contributed by atoms with E-state index in [9.17, 15) is 15.3 Å². The van der Waals surface area contributed by atoms with Gasteiger partial charge in [0.05, 0.1) is 27.9 Å². The molecular weight excluding hydrogens is 352 g/mol. The highest BCUT2D eigenvalue weighted by atomic mass is 16.6. The van der Waals surface area contributed by atoms with Gasteiger partial charge in [-0.2, -0.15) is 15.3 Å². The highest BCUT2D eigenvalue weighted by Crippen LogP contribution is 2.35. The van der Waals surface area contributed by atoms with Crippen LogP contribution >= 0.6 is 0 Å². The number of nitrogens with zero attached hydrogens (tertiary/aromatic N) is 4. The summed E-state index contributed by atoms with van der Waals surface area (Å²) in [6.45, 7) is 0. The van der Waals surface area contributed by atoms with Gasteiger partial charge in [-0.05, 0) is 12.1 Å². The van der Waals surface area contributed by atoms with Crippen LogP contribution in [0.25, 0.3) is 22.2 Å². The first-order valence-corrected chi connectivity index (χ1v) is 8.53. The first kappa shape index (κ1) is 18.8. The van der Waals surface area contributed by atoms with Crippen molar-refractivity contribution in [2.24, 2.45) is 0 Å². The lowest BCUT2D eigenvalue weighted by atomic mass is 9.99. The molecule has 0 aliphatic rings. The zero-order chi connectivity index (χ0) is 20.3. The van der Waals surface area contributed by atoms with Gasteiger partial charge in [0.2, 0.25) is 0 Å². The molecule has 0 aliphatic carbocycles. The van der Waals surface area contributed by atoms with E-state index in [2.05, 4.69) is 0 Å². The number of benzene rings is 2. The average molecular weight is 370 g/mol. The standard InChI is InChI=1S/C22H18N4O2/c1-25(2)10-9-20(27)21-18-11-16(13-23)17(14-24)12-19(18)26(28-3)22(21)15-7-5-4-6-8-15/h4-12H,1-3H3/b10-9+. The van der Waals surface area contributed by atoms with Crippen molar-refractivity contribution < 1.29 is 9.63 Å². The Morgan fingerprint density at radius 2 is 1.75 bits per heavy atom. The quantitative estimate of drug-likeness (QED) is 0.508. The second kappa shape index (κ2) is 7.69. The summed E-state index contributed by atoms with van der Waals surface area (Å²) >= 11 is 0. The summed E-state index contributed by atoms with van der Waals surface area (Å²) in [4.78, 5) is 20.5. The topological polar surface area (TPSA) is 82.0 Å². The van der Waals surface area contributed by atoms with E-state index >= 15 is 0 Å². The van der Waals surface area contributed by atoms with E-state index in [0.717, 1.165) is 5.56 Å². The van der Waals surface area contributed by atoms with E-state index in [-0.39, 0.29) is 16.9 Å². The summed E-state index contributed by atoms with van der Waals surface area (Å²) in [5.41, 5.74) is 2.78. The molecule has 28 heavy (non-hydrogen) atoms. The third-order valence-corrected chi connectivity index (χ3v) is 4.31. The number of nitriles is 2. The molecular formula is C22H18N4O2. The van der Waals surface area contributed by atoms with Crippen molar-refractivity contribution in [3.8, 4) is 23.4 Å². The van der Waals surface area contributed by atoms with Gasteiger partial charge in [-0.3, -0.25) is 4.79 Å². The number of carbonyl (C=O) groups excluding carboxylic acids is 1. The first-order chi connectivity index (χ1) is 13.5. The van der Waals surface area contributed by atoms with Gasteiger partial charge in [0.1, 0.15) is 19.2 Å². The maximum Gasteiger partial charge on any atom is 0.190 e. The van der Waals surface area contributed by atoms with Gasteiger partial charge in [-0.15, -0.1) is 0 Å². The summed E-state index contributed by atoms with van der Waals surface area (Å²) < 4.78 is 1.53. The van der Waals surface area contributed by atoms with E-state index in [1.165, 1.54) is 17.9 Å². The lowest BCUT2D eigenvalue weighted by Crippen LogP contribution is -2.09. The number of hydrogen-bond donors (Lipinski definition) is 0. The van der Waals surface area contributed by atoms with E-state index in [1.54, 1.807) is 23.2 Å². The van der Waals surface area contributed by atoms with Crippen molar-refractivity contribution in [1.82, 2.24) is 9.63 Å². The Morgan fingerprint density at radius 3 is 2.32 bits per heavy atom. The lowest BCUT2D eigenvalue weighted by molar-refractivity contribution is 0.104. The minimum absolute atomic E-state index is 0.216. The van der Waals surface area contributed by atoms with E-state index < -0.39 is 0 Å². The highest BCUT2D eigenvalue weighted by Gasteiger charge is 2.25. The molecule has 1 heterocycles. The molecule has 0 unspecified atom stereocenters. The molecule has 0 amide bonds. The molecule has 0 saturated heterocycles. The Bertz CT molecular complexity index is 1160. The molecule has 1 aromatic heterocycles. The van der Waals surface area contributed by atoms with Gasteiger partial charge in [0, 0.05) is 37.3 Å². The predicted molar refractivity (Wildman–Crippen MR) is 106 cm³/mol. The van der Waals surface area contributed by atoms with Crippen LogP contribution in [-0.4, -0.2) is 36.6 Å². The van der Waals surface area contributed by atoms with Crippen LogP contribution in [0.1, 0.15) is 21.5 Å². The largest absolute Gasteiger partial charge is 0.416 e. The minimum atomic E-state index is -0.220. The highest BCUT2D eigenvalue weighted by molar-refractivity contribution is 6.18. The fraction of sp³-hybridized carbons (Fsp3) is 0.136. The Kier molecular flexibility index (Phi) is 5.15. The van der Waals surface area contributed by atoms with Crippen LogP contribution in [0.4, 0.5) is 0 Å². The minimum Gasteiger partial charge on any atom is -0.416 e. The third kappa shape index (κ3) is 3.20. The number of hydrogen-bond acceptors (Lipinski definition) is 5. The van der Waals surface area contributed by atoms with Gasteiger partial charge in [-0.1, -0.05) is 30.3 Å². The zero-order valence-electron chi connectivity index (χ0n) is 15.8. The number of rotatable bonds is 5. The maximum absolute atomic E-state index is 13.1. The Morgan fingerprint density at radius 1 is 1.11 bits per heavy atom. The van der Waals surface area contributed by atoms with Gasteiger partial charge in [0.25, 0.3) is 0 Å². The van der Waals surface area contributed by atoms with Crippen molar-refractivity contribution in [3.05, 3.63) is 71.4 Å². The van der Waals surface area contributed by atoms with Crippen LogP contribution in [-0.2, 0) is 0 Å². The van der Waals surface area contributed by atoms with Gasteiger partial charge in [0.15, 0.2) is 5.78 Å². The maximum atomic E-state index is 13.1. The summed E-state index contributed by atoms with van der Waals surface area (Å²) in [5, 5.41) is 19.4. The van der Waals surface area contributed by atoms with Crippen molar-refractivity contribution >= 4 is 16.7 Å². The number of allylic oxidation sites excluding steroid dienone is 1. The number of ketones is 1. The third-order valence-electron chi connectivity index (χ3n) is 4.31. The molecule has 0 N–H and O–H groups in total. The second-order valence-corrected chi connectivity index (χ2v) is 6.35. The Labute approximate surface area is 163 Å². The van der Waals surface area contributed by atoms with Crippen LogP contribution in [0, 0.1) is 22.7 Å². The molecule has 3 rings (SSSR count). The molecule has 0 saturated carbocycles. The summed E-state index contributed by atoms with van der Waals surface area (Å²) in [6, 6.07) is 16.6. The molecule has 6 heteroatoms. The zero-order valence-corrected chi connectivity index (χ0v) is 15.8. The number of carbonyl (C=O) groups is 1. The Hall–Kier alpha value is -4.03. The van der Waals surface area contributed by atoms with E-state index in [1.807, 2.05) is 56.6 Å². The smallest absolute Gasteiger partial charge is 0.190 e. The van der Waals surface area contributed by atoms with Crippen LogP contribution in [0.5, 0.6) is 0 Å². The van der Waals surface area contributed by atoms with Crippen LogP contribution < -0.4 is 4.84 Å². The van der Waals surface area contributed by atoms with Crippen molar-refractivity contribution in [3.63, 3.8) is 0 Å². The van der Waals surface area contributed by atoms with Crippen LogP contribution in [0.15, 0.2) is 54.7 Å². The first-order valence-electron chi connectivity index (χ1n) is 8.53. The molecule has 0 radical (unpaired) electrons. The van der Waals surface area contributed by atoms with E-state index in [0.29, 0.717) is 22.2 Å². The molecule has 6 nitrogen and oxygen atoms in total. The molecule has 0 aliphatic heterocycles. The number of fused-ring (bicyclic) bond motifs is 1. The molecule has 0 fully saturated rings. The normalized spacial score (nSPS) is 10.6. The van der Waals surface area contributed by atoms with Crippen LogP contribution in [0.2, 0.25) is 0 Å². The van der Waals surface area contributed by atoms with E-state index in [4.69, 9.17) is 4.84 Å². The molecule has 0 spiro atoms. The fourth-order valence-electron chi connectivity index (χ4n) is 3.09. The SMILES string of the molecule is COn1c(-c2ccccc2)c(C(=O)/C=C/N(C)C)c2cc(C#N)c(C#N)cc21. The predicted octanol–water partition coefficient (Wildman–Crippen LogP) is 3.37. The van der Waals surface area contributed by atoms with Gasteiger partial charge >= 0.3 is 0 Å². The molecule has 138 valence electrons. The molecule has 3 aromatic rings. The van der Waals surface area contributed by atoms with Gasteiger partial charge in [-0.25, -0.2) is 0 Å². The molecule has 2 aromatic carbocycles. The summed E-state index contributed by atoms with van der Waals surface area (Å²) in [6.07, 6.45) is 3.15. The summed E-state index contributed by atoms with van der Waals surface area (Å²) in [5.74, 6) is -0.220. The number of aromatic nitrogens is 1. The Balaban J connectivity index is 2.45. The van der Waals surface area contributed by atoms with Gasteiger partial charge < -0.3 is 9.74 Å².